The summed E-state index contributed by atoms with van der Waals surface area (Å²) >= 11 is 0. The molecule has 9 nitrogen and oxygen atoms in total. The minimum atomic E-state index is -0.821. The molecule has 0 radical (unpaired) electrons. The van der Waals surface area contributed by atoms with Crippen molar-refractivity contribution in [2.75, 3.05) is 13.2 Å². The molecular weight excluding hydrogens is 282 g/mol. The summed E-state index contributed by atoms with van der Waals surface area (Å²) in [6.07, 6.45) is 3.83. The van der Waals surface area contributed by atoms with E-state index in [4.69, 9.17) is 5.73 Å². The molecule has 1 atom stereocenters. The van der Waals surface area contributed by atoms with Crippen molar-refractivity contribution in [2.45, 2.75) is 51.2 Å². The van der Waals surface area contributed by atoms with E-state index < -0.39 is 11.3 Å². The molecule has 1 unspecified atom stereocenters. The largest absolute Gasteiger partial charge is 0.449 e. The third-order valence-corrected chi connectivity index (χ3v) is 2.71. The Morgan fingerprint density at radius 2 is 2.05 bits per heavy atom. The van der Waals surface area contributed by atoms with Gasteiger partial charge in [-0.05, 0) is 32.1 Å². The third-order valence-electron chi connectivity index (χ3n) is 2.71. The van der Waals surface area contributed by atoms with Gasteiger partial charge in [0.25, 0.3) is 11.6 Å². The van der Waals surface area contributed by atoms with Crippen LogP contribution < -0.4 is 11.1 Å². The Labute approximate surface area is 123 Å². The van der Waals surface area contributed by atoms with Gasteiger partial charge in [0.1, 0.15) is 0 Å². The Hall–Kier alpha value is -1.90. The second-order valence-electron chi connectivity index (χ2n) is 4.48. The Morgan fingerprint density at radius 3 is 2.71 bits per heavy atom. The van der Waals surface area contributed by atoms with Gasteiger partial charge in [-0.2, -0.15) is 0 Å². The van der Waals surface area contributed by atoms with Crippen LogP contribution in [0.5, 0.6) is 0 Å². The Balaban J connectivity index is 3.31. The van der Waals surface area contributed by atoms with Crippen LogP contribution in [-0.2, 0) is 19.2 Å². The predicted octanol–water partition coefficient (Wildman–Crippen LogP) is 0.499. The molecular formula is C12H23N3O6. The molecule has 0 spiro atoms. The molecule has 0 aliphatic heterocycles. The highest BCUT2D eigenvalue weighted by Crippen LogP contribution is 2.01. The van der Waals surface area contributed by atoms with E-state index in [1.807, 2.05) is 0 Å². The predicted molar refractivity (Wildman–Crippen MR) is 73.4 cm³/mol. The number of unbranched alkanes of at least 4 members (excludes halogenated alkanes) is 3. The molecule has 0 bridgehead atoms. The third kappa shape index (κ3) is 14.3. The van der Waals surface area contributed by atoms with E-state index in [9.17, 15) is 19.7 Å². The first-order chi connectivity index (χ1) is 10.1. The number of amides is 1. The number of carbonyl (C=O) groups excluding carboxylic acids is 2. The van der Waals surface area contributed by atoms with Crippen molar-refractivity contribution in [3.05, 3.63) is 10.1 Å². The van der Waals surface area contributed by atoms with Crippen LogP contribution >= 0.6 is 0 Å². The SMILES string of the molecule is NC(CCCCNC(=O)CCCCCO[N+](=O)[O-])OC=O. The molecule has 3 N–H and O–H groups in total. The summed E-state index contributed by atoms with van der Waals surface area (Å²) in [7, 11) is 0. The van der Waals surface area contributed by atoms with E-state index in [1.165, 1.54) is 0 Å². The van der Waals surface area contributed by atoms with E-state index in [-0.39, 0.29) is 12.5 Å². The average molecular weight is 305 g/mol. The van der Waals surface area contributed by atoms with Gasteiger partial charge in [-0.25, -0.2) is 0 Å². The van der Waals surface area contributed by atoms with Crippen molar-refractivity contribution in [2.24, 2.45) is 5.73 Å². The molecule has 122 valence electrons. The van der Waals surface area contributed by atoms with Crippen LogP contribution in [0.2, 0.25) is 0 Å². The highest BCUT2D eigenvalue weighted by atomic mass is 16.9. The summed E-state index contributed by atoms with van der Waals surface area (Å²) in [6.45, 7) is 0.942. The van der Waals surface area contributed by atoms with E-state index in [0.29, 0.717) is 45.1 Å². The average Bonchev–Trinajstić information content (AvgIpc) is 2.42. The molecule has 0 aromatic heterocycles. The van der Waals surface area contributed by atoms with Gasteiger partial charge in [-0.1, -0.05) is 6.42 Å². The fraction of sp³-hybridized carbons (Fsp3) is 0.833. The summed E-state index contributed by atoms with van der Waals surface area (Å²) in [6, 6.07) is 0. The number of nitrogens with zero attached hydrogens (tertiary/aromatic N) is 1. The molecule has 0 saturated heterocycles. The quantitative estimate of drug-likeness (QED) is 0.157. The number of nitrogens with one attached hydrogen (secondary N) is 1. The molecule has 0 aliphatic carbocycles. The van der Waals surface area contributed by atoms with Gasteiger partial charge in [-0.3, -0.25) is 15.3 Å². The Morgan fingerprint density at radius 1 is 1.29 bits per heavy atom. The van der Waals surface area contributed by atoms with Gasteiger partial charge in [0, 0.05) is 13.0 Å². The summed E-state index contributed by atoms with van der Waals surface area (Å²) in [4.78, 5) is 35.5. The van der Waals surface area contributed by atoms with Crippen molar-refractivity contribution >= 4 is 12.4 Å². The molecule has 0 saturated carbocycles. The smallest absolute Gasteiger partial charge is 0.294 e. The first-order valence-corrected chi connectivity index (χ1v) is 6.95. The Kier molecular flexibility index (Phi) is 11.9. The number of nitrogens with two attached hydrogens (primary N) is 1. The normalized spacial score (nSPS) is 11.5. The van der Waals surface area contributed by atoms with Crippen LogP contribution in [0.3, 0.4) is 0 Å². The topological polar surface area (TPSA) is 134 Å². The van der Waals surface area contributed by atoms with Crippen LogP contribution in [0.1, 0.15) is 44.9 Å². The Bertz CT molecular complexity index is 313. The van der Waals surface area contributed by atoms with Crippen LogP contribution in [0, 0.1) is 10.1 Å². The highest BCUT2D eigenvalue weighted by Gasteiger charge is 2.03. The lowest BCUT2D eigenvalue weighted by molar-refractivity contribution is -0.757. The maximum Gasteiger partial charge on any atom is 0.294 e. The van der Waals surface area contributed by atoms with Gasteiger partial charge in [-0.15, -0.1) is 10.1 Å². The number of carbonyl (C=O) groups is 2. The molecule has 0 fully saturated rings. The van der Waals surface area contributed by atoms with E-state index >= 15 is 0 Å². The lowest BCUT2D eigenvalue weighted by Gasteiger charge is -2.09. The summed E-state index contributed by atoms with van der Waals surface area (Å²) in [5, 5.41) is 11.8. The molecule has 0 aliphatic rings. The maximum atomic E-state index is 11.4. The van der Waals surface area contributed by atoms with Gasteiger partial charge in [0.2, 0.25) is 5.91 Å². The number of hydrogen-bond acceptors (Lipinski definition) is 7. The van der Waals surface area contributed by atoms with Crippen LogP contribution in [0.4, 0.5) is 0 Å². The van der Waals surface area contributed by atoms with Crippen LogP contribution in [0.15, 0.2) is 0 Å². The van der Waals surface area contributed by atoms with Crippen molar-refractivity contribution in [3.8, 4) is 0 Å². The lowest BCUT2D eigenvalue weighted by Crippen LogP contribution is -2.26. The van der Waals surface area contributed by atoms with Gasteiger partial charge in [0.05, 0.1) is 6.61 Å². The van der Waals surface area contributed by atoms with E-state index in [1.54, 1.807) is 0 Å². The monoisotopic (exact) mass is 305 g/mol. The zero-order chi connectivity index (χ0) is 15.9. The second-order valence-corrected chi connectivity index (χ2v) is 4.48. The van der Waals surface area contributed by atoms with Crippen molar-refractivity contribution in [1.29, 1.82) is 0 Å². The molecule has 21 heavy (non-hydrogen) atoms. The van der Waals surface area contributed by atoms with Gasteiger partial charge in [0.15, 0.2) is 6.23 Å². The van der Waals surface area contributed by atoms with E-state index in [0.717, 1.165) is 12.8 Å². The van der Waals surface area contributed by atoms with Crippen molar-refractivity contribution < 1.29 is 24.3 Å². The van der Waals surface area contributed by atoms with Crippen molar-refractivity contribution in [1.82, 2.24) is 5.32 Å². The molecule has 0 heterocycles. The number of ether oxygens (including phenoxy) is 1. The summed E-state index contributed by atoms with van der Waals surface area (Å²) in [5.74, 6) is -0.0429. The lowest BCUT2D eigenvalue weighted by atomic mass is 10.2. The first-order valence-electron chi connectivity index (χ1n) is 6.95. The fourth-order valence-corrected chi connectivity index (χ4v) is 1.63. The second kappa shape index (κ2) is 13.1. The molecule has 9 heteroatoms. The standard InChI is InChI=1S/C12H23N3O6/c13-11(20-10-16)6-3-4-8-14-12(17)7-2-1-5-9-21-15(18)19/h10-11H,1-9,13H2,(H,14,17). The molecule has 0 aromatic rings. The van der Waals surface area contributed by atoms with Crippen molar-refractivity contribution in [3.63, 3.8) is 0 Å². The fourth-order valence-electron chi connectivity index (χ4n) is 1.63. The van der Waals surface area contributed by atoms with Crippen LogP contribution in [-0.4, -0.2) is 36.8 Å². The minimum absolute atomic E-state index is 0.0429. The highest BCUT2D eigenvalue weighted by molar-refractivity contribution is 5.75. The minimum Gasteiger partial charge on any atom is -0.449 e. The van der Waals surface area contributed by atoms with Gasteiger partial charge >= 0.3 is 0 Å². The molecule has 0 aromatic carbocycles. The summed E-state index contributed by atoms with van der Waals surface area (Å²) in [5.41, 5.74) is 5.46. The zero-order valence-corrected chi connectivity index (χ0v) is 12.0. The number of rotatable bonds is 14. The zero-order valence-electron chi connectivity index (χ0n) is 12.0. The summed E-state index contributed by atoms with van der Waals surface area (Å²) < 4.78 is 4.53. The first kappa shape index (κ1) is 19.1. The number of hydrogen-bond donors (Lipinski definition) is 2. The molecule has 1 amide bonds. The van der Waals surface area contributed by atoms with Gasteiger partial charge < -0.3 is 14.9 Å². The van der Waals surface area contributed by atoms with Crippen LogP contribution in [0.25, 0.3) is 0 Å². The maximum absolute atomic E-state index is 11.4. The van der Waals surface area contributed by atoms with E-state index in [2.05, 4.69) is 14.9 Å². The molecule has 0 rings (SSSR count).